The van der Waals surface area contributed by atoms with Crippen molar-refractivity contribution < 1.29 is 13.9 Å². The molecule has 0 aliphatic carbocycles. The molecule has 1 nitrogen and oxygen atoms in total. The lowest BCUT2D eigenvalue weighted by Crippen LogP contribution is -2.03. The first kappa shape index (κ1) is 14.0. The highest BCUT2D eigenvalue weighted by atomic mass is 35.5. The van der Waals surface area contributed by atoms with Gasteiger partial charge in [-0.1, -0.05) is 17.7 Å². The van der Waals surface area contributed by atoms with Crippen molar-refractivity contribution in [1.29, 1.82) is 0 Å². The average Bonchev–Trinajstić information content (AvgIpc) is 2.31. The molecule has 0 heterocycles. The van der Waals surface area contributed by atoms with Gasteiger partial charge in [0.1, 0.15) is 17.7 Å². The first-order valence-electron chi connectivity index (χ1n) is 5.79. The maximum atomic E-state index is 13.3. The van der Waals surface area contributed by atoms with Gasteiger partial charge in [-0.3, -0.25) is 0 Å². The van der Waals surface area contributed by atoms with Gasteiger partial charge in [0, 0.05) is 10.6 Å². The minimum absolute atomic E-state index is 0.123. The lowest BCUT2D eigenvalue weighted by atomic mass is 9.98. The van der Waals surface area contributed by atoms with Crippen LogP contribution in [0.3, 0.4) is 0 Å². The number of aliphatic hydroxyl groups excluding tert-OH is 1. The average molecular weight is 283 g/mol. The molecule has 0 fully saturated rings. The highest BCUT2D eigenvalue weighted by Crippen LogP contribution is 2.31. The number of halogens is 3. The number of hydrogen-bond acceptors (Lipinski definition) is 1. The summed E-state index contributed by atoms with van der Waals surface area (Å²) in [6, 6.07) is 6.91. The normalized spacial score (nSPS) is 12.5. The molecule has 0 aliphatic rings. The minimum Gasteiger partial charge on any atom is -0.384 e. The second-order valence-corrected chi connectivity index (χ2v) is 4.99. The Labute approximate surface area is 115 Å². The SMILES string of the molecule is Cc1cc(F)cc(C(O)c2cc(C)c(F)cc2Cl)c1. The molecule has 100 valence electrons. The Morgan fingerprint density at radius 2 is 1.74 bits per heavy atom. The van der Waals surface area contributed by atoms with Crippen molar-refractivity contribution in [3.8, 4) is 0 Å². The largest absolute Gasteiger partial charge is 0.384 e. The molecule has 0 bridgehead atoms. The van der Waals surface area contributed by atoms with Gasteiger partial charge in [-0.25, -0.2) is 8.78 Å². The van der Waals surface area contributed by atoms with Gasteiger partial charge in [0.05, 0.1) is 0 Å². The second-order valence-electron chi connectivity index (χ2n) is 4.59. The molecule has 0 saturated carbocycles. The molecule has 2 rings (SSSR count). The Morgan fingerprint density at radius 3 is 2.37 bits per heavy atom. The van der Waals surface area contributed by atoms with Gasteiger partial charge in [-0.2, -0.15) is 0 Å². The van der Waals surface area contributed by atoms with Crippen LogP contribution in [-0.2, 0) is 0 Å². The van der Waals surface area contributed by atoms with E-state index in [0.29, 0.717) is 22.3 Å². The highest BCUT2D eigenvalue weighted by molar-refractivity contribution is 6.31. The molecular formula is C15H13ClF2O. The monoisotopic (exact) mass is 282 g/mol. The predicted molar refractivity (Wildman–Crippen MR) is 71.3 cm³/mol. The number of aryl methyl sites for hydroxylation is 2. The Bertz CT molecular complexity index is 606. The molecule has 1 N–H and O–H groups in total. The summed E-state index contributed by atoms with van der Waals surface area (Å²) in [5.74, 6) is -0.861. The third-order valence-electron chi connectivity index (χ3n) is 2.95. The van der Waals surface area contributed by atoms with Crippen molar-refractivity contribution >= 4 is 11.6 Å². The van der Waals surface area contributed by atoms with Crippen LogP contribution in [0.15, 0.2) is 30.3 Å². The van der Waals surface area contributed by atoms with Crippen LogP contribution in [0.4, 0.5) is 8.78 Å². The quantitative estimate of drug-likeness (QED) is 0.870. The fraction of sp³-hybridized carbons (Fsp3) is 0.200. The molecule has 0 spiro atoms. The van der Waals surface area contributed by atoms with Crippen LogP contribution in [0.2, 0.25) is 5.02 Å². The molecule has 0 aliphatic heterocycles. The summed E-state index contributed by atoms with van der Waals surface area (Å²) in [5, 5.41) is 10.4. The highest BCUT2D eigenvalue weighted by Gasteiger charge is 2.17. The van der Waals surface area contributed by atoms with Crippen molar-refractivity contribution in [1.82, 2.24) is 0 Å². The summed E-state index contributed by atoms with van der Waals surface area (Å²) >= 11 is 5.93. The van der Waals surface area contributed by atoms with Gasteiger partial charge in [0.2, 0.25) is 0 Å². The molecule has 1 unspecified atom stereocenters. The van der Waals surface area contributed by atoms with Crippen molar-refractivity contribution in [2.75, 3.05) is 0 Å². The molecule has 0 radical (unpaired) electrons. The van der Waals surface area contributed by atoms with Crippen molar-refractivity contribution in [2.24, 2.45) is 0 Å². The summed E-state index contributed by atoms with van der Waals surface area (Å²) in [6.07, 6.45) is -1.08. The molecule has 1 atom stereocenters. The van der Waals surface area contributed by atoms with E-state index in [1.54, 1.807) is 19.9 Å². The molecule has 0 amide bonds. The summed E-state index contributed by atoms with van der Waals surface area (Å²) in [6.45, 7) is 3.32. The zero-order valence-corrected chi connectivity index (χ0v) is 11.3. The van der Waals surface area contributed by atoms with Gasteiger partial charge in [0.15, 0.2) is 0 Å². The summed E-state index contributed by atoms with van der Waals surface area (Å²) in [5.41, 5.74) is 1.84. The lowest BCUT2D eigenvalue weighted by molar-refractivity contribution is 0.219. The Kier molecular flexibility index (Phi) is 3.88. The van der Waals surface area contributed by atoms with E-state index in [4.69, 9.17) is 11.6 Å². The Hall–Kier alpha value is -1.45. The van der Waals surface area contributed by atoms with Gasteiger partial charge in [-0.05, 0) is 54.8 Å². The van der Waals surface area contributed by atoms with Crippen LogP contribution in [0.5, 0.6) is 0 Å². The topological polar surface area (TPSA) is 20.2 Å². The van der Waals surface area contributed by atoms with Crippen LogP contribution in [0, 0.1) is 25.5 Å². The fourth-order valence-corrected chi connectivity index (χ4v) is 2.24. The third kappa shape index (κ3) is 2.94. The smallest absolute Gasteiger partial charge is 0.127 e. The van der Waals surface area contributed by atoms with E-state index in [9.17, 15) is 13.9 Å². The predicted octanol–water partition coefficient (Wildman–Crippen LogP) is 4.32. The van der Waals surface area contributed by atoms with Crippen LogP contribution in [0.1, 0.15) is 28.4 Å². The van der Waals surface area contributed by atoms with E-state index in [1.807, 2.05) is 0 Å². The first-order chi connectivity index (χ1) is 8.88. The molecule has 2 aromatic carbocycles. The van der Waals surface area contributed by atoms with Gasteiger partial charge >= 0.3 is 0 Å². The Morgan fingerprint density at radius 1 is 1.05 bits per heavy atom. The van der Waals surface area contributed by atoms with E-state index in [2.05, 4.69) is 0 Å². The van der Waals surface area contributed by atoms with Gasteiger partial charge in [0.25, 0.3) is 0 Å². The van der Waals surface area contributed by atoms with Crippen molar-refractivity contribution in [3.63, 3.8) is 0 Å². The van der Waals surface area contributed by atoms with Crippen LogP contribution in [0.25, 0.3) is 0 Å². The molecule has 0 aromatic heterocycles. The molecule has 2 aromatic rings. The fourth-order valence-electron chi connectivity index (χ4n) is 1.99. The Balaban J connectivity index is 2.49. The summed E-state index contributed by atoms with van der Waals surface area (Å²) < 4.78 is 26.7. The lowest BCUT2D eigenvalue weighted by Gasteiger charge is -2.15. The summed E-state index contributed by atoms with van der Waals surface area (Å²) in [4.78, 5) is 0. The van der Waals surface area contributed by atoms with E-state index >= 15 is 0 Å². The second kappa shape index (κ2) is 5.27. The van der Waals surface area contributed by atoms with Crippen LogP contribution >= 0.6 is 11.6 Å². The zero-order valence-electron chi connectivity index (χ0n) is 10.5. The van der Waals surface area contributed by atoms with Gasteiger partial charge < -0.3 is 5.11 Å². The maximum Gasteiger partial charge on any atom is 0.127 e. The van der Waals surface area contributed by atoms with Crippen LogP contribution < -0.4 is 0 Å². The van der Waals surface area contributed by atoms with E-state index in [0.717, 1.165) is 6.07 Å². The molecule has 19 heavy (non-hydrogen) atoms. The van der Waals surface area contributed by atoms with Crippen LogP contribution in [-0.4, -0.2) is 5.11 Å². The number of aliphatic hydroxyl groups is 1. The number of hydrogen-bond donors (Lipinski definition) is 1. The first-order valence-corrected chi connectivity index (χ1v) is 6.17. The van der Waals surface area contributed by atoms with E-state index in [1.165, 1.54) is 18.2 Å². The molecular weight excluding hydrogens is 270 g/mol. The van der Waals surface area contributed by atoms with Gasteiger partial charge in [-0.15, -0.1) is 0 Å². The number of rotatable bonds is 2. The zero-order chi connectivity index (χ0) is 14.2. The van der Waals surface area contributed by atoms with E-state index in [-0.39, 0.29) is 5.02 Å². The molecule has 4 heteroatoms. The standard InChI is InChI=1S/C15H13ClF2O/c1-8-3-10(6-11(17)4-8)15(19)12-5-9(2)14(18)7-13(12)16/h3-7,15,19H,1-2H3. The number of benzene rings is 2. The molecule has 0 saturated heterocycles. The third-order valence-corrected chi connectivity index (χ3v) is 3.28. The maximum absolute atomic E-state index is 13.3. The van der Waals surface area contributed by atoms with Crippen molar-refractivity contribution in [2.45, 2.75) is 20.0 Å². The minimum atomic E-state index is -1.08. The summed E-state index contributed by atoms with van der Waals surface area (Å²) in [7, 11) is 0. The van der Waals surface area contributed by atoms with E-state index < -0.39 is 17.7 Å². The van der Waals surface area contributed by atoms with Crippen molar-refractivity contribution in [3.05, 3.63) is 69.2 Å².